The maximum atomic E-state index is 12.3. The number of carboxylic acids is 1. The molecule has 2 unspecified atom stereocenters. The first-order valence-electron chi connectivity index (χ1n) is 7.11. The number of aromatic nitrogens is 1. The number of likely N-dealkylation sites (tertiary alicyclic amines) is 1. The zero-order valence-electron chi connectivity index (χ0n) is 12.3. The van der Waals surface area contributed by atoms with Crippen LogP contribution >= 0.6 is 0 Å². The molecule has 1 fully saturated rings. The van der Waals surface area contributed by atoms with Crippen LogP contribution in [0.4, 0.5) is 0 Å². The quantitative estimate of drug-likeness (QED) is 0.917. The fourth-order valence-corrected chi connectivity index (χ4v) is 2.75. The summed E-state index contributed by atoms with van der Waals surface area (Å²) < 4.78 is 5.39. The Hall–Kier alpha value is -2.11. The number of carbonyl (C=O) groups excluding carboxylic acids is 1. The lowest BCUT2D eigenvalue weighted by Gasteiger charge is -2.38. The maximum Gasteiger partial charge on any atom is 0.337 e. The Morgan fingerprint density at radius 2 is 2.00 bits per heavy atom. The SMILES string of the molecule is CC1CCCC(C)N1C(=O)COc1cncc(C(=O)O)c1. The maximum absolute atomic E-state index is 12.3. The van der Waals surface area contributed by atoms with Crippen molar-refractivity contribution < 1.29 is 19.4 Å². The van der Waals surface area contributed by atoms with Gasteiger partial charge in [0.25, 0.3) is 5.91 Å². The molecule has 1 aromatic rings. The predicted molar refractivity (Wildman–Crippen MR) is 76.3 cm³/mol. The molecule has 0 saturated carbocycles. The van der Waals surface area contributed by atoms with Crippen LogP contribution in [0.2, 0.25) is 0 Å². The summed E-state index contributed by atoms with van der Waals surface area (Å²) in [4.78, 5) is 28.8. The molecule has 1 aliphatic heterocycles. The molecule has 0 spiro atoms. The molecule has 1 N–H and O–H groups in total. The Morgan fingerprint density at radius 3 is 2.62 bits per heavy atom. The first-order valence-corrected chi connectivity index (χ1v) is 7.11. The van der Waals surface area contributed by atoms with Gasteiger partial charge in [0.2, 0.25) is 0 Å². The predicted octanol–water partition coefficient (Wildman–Crippen LogP) is 1.95. The van der Waals surface area contributed by atoms with Gasteiger partial charge in [0.1, 0.15) is 5.75 Å². The second-order valence-corrected chi connectivity index (χ2v) is 5.43. The van der Waals surface area contributed by atoms with E-state index in [0.29, 0.717) is 5.75 Å². The molecule has 21 heavy (non-hydrogen) atoms. The Labute approximate surface area is 123 Å². The van der Waals surface area contributed by atoms with Gasteiger partial charge in [-0.2, -0.15) is 0 Å². The van der Waals surface area contributed by atoms with Gasteiger partial charge in [-0.25, -0.2) is 4.79 Å². The molecule has 2 rings (SSSR count). The van der Waals surface area contributed by atoms with Gasteiger partial charge < -0.3 is 14.7 Å². The molecule has 114 valence electrons. The van der Waals surface area contributed by atoms with Crippen LogP contribution < -0.4 is 4.74 Å². The summed E-state index contributed by atoms with van der Waals surface area (Å²) in [5, 5.41) is 8.89. The van der Waals surface area contributed by atoms with E-state index in [2.05, 4.69) is 4.98 Å². The molecule has 0 aromatic carbocycles. The number of carbonyl (C=O) groups is 2. The summed E-state index contributed by atoms with van der Waals surface area (Å²) in [5.41, 5.74) is 0.0413. The van der Waals surface area contributed by atoms with Crippen LogP contribution in [0, 0.1) is 0 Å². The third kappa shape index (κ3) is 3.71. The number of aromatic carboxylic acids is 1. The number of carboxylic acid groups (broad SMARTS) is 1. The van der Waals surface area contributed by atoms with Crippen molar-refractivity contribution in [2.45, 2.75) is 45.2 Å². The lowest BCUT2D eigenvalue weighted by molar-refractivity contribution is -0.139. The van der Waals surface area contributed by atoms with Crippen LogP contribution in [0.1, 0.15) is 43.5 Å². The van der Waals surface area contributed by atoms with E-state index in [1.807, 2.05) is 18.7 Å². The summed E-state index contributed by atoms with van der Waals surface area (Å²) in [5.74, 6) is -0.853. The summed E-state index contributed by atoms with van der Waals surface area (Å²) in [7, 11) is 0. The highest BCUT2D eigenvalue weighted by Gasteiger charge is 2.28. The number of hydrogen-bond acceptors (Lipinski definition) is 4. The molecule has 2 heterocycles. The molecule has 0 bridgehead atoms. The average Bonchev–Trinajstić information content (AvgIpc) is 2.45. The van der Waals surface area contributed by atoms with E-state index < -0.39 is 5.97 Å². The molecular formula is C15H20N2O4. The zero-order valence-corrected chi connectivity index (χ0v) is 12.3. The normalized spacial score (nSPS) is 21.9. The van der Waals surface area contributed by atoms with Gasteiger partial charge in [-0.1, -0.05) is 0 Å². The summed E-state index contributed by atoms with van der Waals surface area (Å²) in [6, 6.07) is 1.80. The highest BCUT2D eigenvalue weighted by Crippen LogP contribution is 2.22. The lowest BCUT2D eigenvalue weighted by Crippen LogP contribution is -2.49. The molecule has 1 aromatic heterocycles. The van der Waals surface area contributed by atoms with E-state index in [0.717, 1.165) is 19.3 Å². The minimum absolute atomic E-state index is 0.0413. The number of piperidine rings is 1. The second-order valence-electron chi connectivity index (χ2n) is 5.43. The number of pyridine rings is 1. The van der Waals surface area contributed by atoms with Crippen molar-refractivity contribution in [1.29, 1.82) is 0 Å². The molecule has 1 amide bonds. The Morgan fingerprint density at radius 1 is 1.33 bits per heavy atom. The van der Waals surface area contributed by atoms with E-state index in [-0.39, 0.29) is 30.2 Å². The van der Waals surface area contributed by atoms with Crippen LogP contribution in [-0.2, 0) is 4.79 Å². The van der Waals surface area contributed by atoms with Crippen molar-refractivity contribution in [3.05, 3.63) is 24.0 Å². The minimum Gasteiger partial charge on any atom is -0.482 e. The molecule has 1 aliphatic rings. The van der Waals surface area contributed by atoms with Crippen molar-refractivity contribution in [3.63, 3.8) is 0 Å². The first kappa shape index (κ1) is 15.3. The number of rotatable bonds is 4. The number of ether oxygens (including phenoxy) is 1. The van der Waals surface area contributed by atoms with Crippen LogP contribution in [0.5, 0.6) is 5.75 Å². The van der Waals surface area contributed by atoms with Crippen molar-refractivity contribution >= 4 is 11.9 Å². The standard InChI is InChI=1S/C15H20N2O4/c1-10-4-3-5-11(2)17(10)14(18)9-21-13-6-12(15(19)20)7-16-8-13/h6-8,10-11H,3-5,9H2,1-2H3,(H,19,20). The van der Waals surface area contributed by atoms with Crippen LogP contribution in [0.25, 0.3) is 0 Å². The molecule has 6 heteroatoms. The van der Waals surface area contributed by atoms with Gasteiger partial charge in [0, 0.05) is 18.3 Å². The summed E-state index contributed by atoms with van der Waals surface area (Å²) >= 11 is 0. The van der Waals surface area contributed by atoms with E-state index in [1.54, 1.807) is 0 Å². The van der Waals surface area contributed by atoms with E-state index in [1.165, 1.54) is 18.5 Å². The average molecular weight is 292 g/mol. The zero-order chi connectivity index (χ0) is 15.4. The van der Waals surface area contributed by atoms with Gasteiger partial charge in [-0.3, -0.25) is 9.78 Å². The number of nitrogens with zero attached hydrogens (tertiary/aromatic N) is 2. The van der Waals surface area contributed by atoms with Crippen LogP contribution in [0.3, 0.4) is 0 Å². The third-order valence-electron chi connectivity index (χ3n) is 3.80. The van der Waals surface area contributed by atoms with Gasteiger partial charge in [0.05, 0.1) is 11.8 Å². The van der Waals surface area contributed by atoms with Crippen molar-refractivity contribution in [1.82, 2.24) is 9.88 Å². The second kappa shape index (κ2) is 6.56. The molecule has 1 saturated heterocycles. The van der Waals surface area contributed by atoms with Gasteiger partial charge in [0.15, 0.2) is 6.61 Å². The molecule has 2 atom stereocenters. The summed E-state index contributed by atoms with van der Waals surface area (Å²) in [6.45, 7) is 3.99. The van der Waals surface area contributed by atoms with Crippen LogP contribution in [-0.4, -0.2) is 45.6 Å². The molecule has 0 radical (unpaired) electrons. The van der Waals surface area contributed by atoms with E-state index in [9.17, 15) is 9.59 Å². The monoisotopic (exact) mass is 292 g/mol. The number of amides is 1. The fourth-order valence-electron chi connectivity index (χ4n) is 2.75. The first-order chi connectivity index (χ1) is 9.99. The van der Waals surface area contributed by atoms with E-state index >= 15 is 0 Å². The van der Waals surface area contributed by atoms with Gasteiger partial charge in [-0.05, 0) is 39.2 Å². The Balaban J connectivity index is 1.97. The van der Waals surface area contributed by atoms with Gasteiger partial charge in [-0.15, -0.1) is 0 Å². The highest BCUT2D eigenvalue weighted by atomic mass is 16.5. The number of hydrogen-bond donors (Lipinski definition) is 1. The van der Waals surface area contributed by atoms with E-state index in [4.69, 9.17) is 9.84 Å². The Bertz CT molecular complexity index is 522. The molecule has 6 nitrogen and oxygen atoms in total. The summed E-state index contributed by atoms with van der Waals surface area (Å²) in [6.07, 6.45) is 5.80. The minimum atomic E-state index is -1.07. The van der Waals surface area contributed by atoms with Crippen LogP contribution in [0.15, 0.2) is 18.5 Å². The van der Waals surface area contributed by atoms with Crippen molar-refractivity contribution in [2.75, 3.05) is 6.61 Å². The molecular weight excluding hydrogens is 272 g/mol. The molecule has 0 aliphatic carbocycles. The highest BCUT2D eigenvalue weighted by molar-refractivity contribution is 5.87. The Kier molecular flexibility index (Phi) is 4.77. The van der Waals surface area contributed by atoms with Crippen molar-refractivity contribution in [3.8, 4) is 5.75 Å². The lowest BCUT2D eigenvalue weighted by atomic mass is 9.97. The largest absolute Gasteiger partial charge is 0.482 e. The van der Waals surface area contributed by atoms with Crippen molar-refractivity contribution in [2.24, 2.45) is 0 Å². The smallest absolute Gasteiger partial charge is 0.337 e. The van der Waals surface area contributed by atoms with Gasteiger partial charge >= 0.3 is 5.97 Å². The fraction of sp³-hybridized carbons (Fsp3) is 0.533. The third-order valence-corrected chi connectivity index (χ3v) is 3.80. The topological polar surface area (TPSA) is 79.7 Å².